The predicted molar refractivity (Wildman–Crippen MR) is 78.9 cm³/mol. The van der Waals surface area contributed by atoms with Gasteiger partial charge in [-0.15, -0.1) is 0 Å². The molecule has 0 saturated carbocycles. The first-order chi connectivity index (χ1) is 9.97. The second kappa shape index (κ2) is 9.00. The number of methoxy groups -OCH3 is 1. The Morgan fingerprint density at radius 3 is 2.05 bits per heavy atom. The molecule has 0 aliphatic carbocycles. The Hall–Kier alpha value is -1.14. The van der Waals surface area contributed by atoms with Gasteiger partial charge in [-0.3, -0.25) is 14.2 Å². The third-order valence-electron chi connectivity index (χ3n) is 2.26. The van der Waals surface area contributed by atoms with E-state index in [0.29, 0.717) is 12.4 Å². The summed E-state index contributed by atoms with van der Waals surface area (Å²) in [6.07, 6.45) is -1.87. The molecule has 1 rings (SSSR count). The monoisotopic (exact) mass is 297 g/mol. The molecule has 0 spiro atoms. The molecule has 0 heterocycles. The maximum atomic E-state index is 5.83. The van der Waals surface area contributed by atoms with Crippen molar-refractivity contribution < 1.29 is 23.7 Å². The molecular weight excluding hydrogens is 272 g/mol. The van der Waals surface area contributed by atoms with Gasteiger partial charge >= 0.3 is 6.16 Å². The molecular formula is C16H25O5. The molecule has 0 atom stereocenters. The Morgan fingerprint density at radius 2 is 1.57 bits per heavy atom. The van der Waals surface area contributed by atoms with Gasteiger partial charge in [0.1, 0.15) is 5.75 Å². The summed E-state index contributed by atoms with van der Waals surface area (Å²) in [5.41, 5.74) is 0. The zero-order valence-corrected chi connectivity index (χ0v) is 13.4. The second-order valence-corrected chi connectivity index (χ2v) is 5.01. The molecule has 0 aliphatic heterocycles. The van der Waals surface area contributed by atoms with Gasteiger partial charge < -0.3 is 9.47 Å². The quantitative estimate of drug-likeness (QED) is 0.491. The smallest absolute Gasteiger partial charge is 0.416 e. The molecule has 0 N–H and O–H groups in total. The van der Waals surface area contributed by atoms with E-state index >= 15 is 0 Å². The average molecular weight is 297 g/mol. The van der Waals surface area contributed by atoms with Crippen LogP contribution in [0.1, 0.15) is 27.7 Å². The standard InChI is InChI=1S/C16H25O5/c1-13(2)19-16(20-14(3)4,18-12-11-17-5)21-15-9-7-6-8-10-15/h7-10,13-14H,11-12H2,1-5H3. The van der Waals surface area contributed by atoms with Crippen molar-refractivity contribution in [3.63, 3.8) is 0 Å². The highest BCUT2D eigenvalue weighted by Gasteiger charge is 2.40. The summed E-state index contributed by atoms with van der Waals surface area (Å²) < 4.78 is 28.1. The number of ether oxygens (including phenoxy) is 5. The highest BCUT2D eigenvalue weighted by Crippen LogP contribution is 2.25. The van der Waals surface area contributed by atoms with E-state index in [1.807, 2.05) is 27.7 Å². The van der Waals surface area contributed by atoms with Crippen LogP contribution in [0.5, 0.6) is 5.75 Å². The van der Waals surface area contributed by atoms with Crippen molar-refractivity contribution in [2.75, 3.05) is 20.3 Å². The van der Waals surface area contributed by atoms with Crippen LogP contribution in [0.15, 0.2) is 24.3 Å². The van der Waals surface area contributed by atoms with Gasteiger partial charge in [0.2, 0.25) is 0 Å². The van der Waals surface area contributed by atoms with E-state index in [2.05, 4.69) is 6.07 Å². The molecule has 0 unspecified atom stereocenters. The highest BCUT2D eigenvalue weighted by atomic mass is 17.0. The molecule has 0 aromatic heterocycles. The van der Waals surface area contributed by atoms with Gasteiger partial charge in [0.15, 0.2) is 0 Å². The van der Waals surface area contributed by atoms with Gasteiger partial charge in [-0.25, -0.2) is 0 Å². The molecule has 0 fully saturated rings. The molecule has 0 aliphatic rings. The van der Waals surface area contributed by atoms with E-state index < -0.39 is 6.16 Å². The van der Waals surface area contributed by atoms with Crippen LogP contribution in [-0.4, -0.2) is 38.7 Å². The Labute approximate surface area is 127 Å². The van der Waals surface area contributed by atoms with Crippen molar-refractivity contribution in [2.24, 2.45) is 0 Å². The number of benzene rings is 1. The number of hydrogen-bond donors (Lipinski definition) is 0. The third kappa shape index (κ3) is 6.91. The van der Waals surface area contributed by atoms with E-state index in [4.69, 9.17) is 23.7 Å². The fraction of sp³-hybridized carbons (Fsp3) is 0.625. The zero-order valence-electron chi connectivity index (χ0n) is 13.4. The lowest BCUT2D eigenvalue weighted by atomic mass is 10.3. The van der Waals surface area contributed by atoms with Crippen molar-refractivity contribution in [1.29, 1.82) is 0 Å². The Morgan fingerprint density at radius 1 is 1.00 bits per heavy atom. The van der Waals surface area contributed by atoms with Gasteiger partial charge in [-0.1, -0.05) is 12.1 Å². The maximum Gasteiger partial charge on any atom is 0.461 e. The predicted octanol–water partition coefficient (Wildman–Crippen LogP) is 2.99. The summed E-state index contributed by atoms with van der Waals surface area (Å²) in [5.74, 6) is 0.576. The van der Waals surface area contributed by atoms with Gasteiger partial charge in [0.25, 0.3) is 0 Å². The van der Waals surface area contributed by atoms with Gasteiger partial charge in [0.05, 0.1) is 25.4 Å². The van der Waals surface area contributed by atoms with Crippen molar-refractivity contribution in [2.45, 2.75) is 46.1 Å². The Balaban J connectivity index is 2.90. The minimum atomic E-state index is -1.60. The summed E-state index contributed by atoms with van der Waals surface area (Å²) >= 11 is 0. The van der Waals surface area contributed by atoms with Gasteiger partial charge in [-0.05, 0) is 45.9 Å². The third-order valence-corrected chi connectivity index (χ3v) is 2.26. The normalized spacial score (nSPS) is 12.1. The van der Waals surface area contributed by atoms with E-state index in [0.717, 1.165) is 0 Å². The van der Waals surface area contributed by atoms with Crippen molar-refractivity contribution in [1.82, 2.24) is 0 Å². The zero-order chi connectivity index (χ0) is 15.7. The lowest BCUT2D eigenvalue weighted by molar-refractivity contribution is -0.486. The fourth-order valence-corrected chi connectivity index (χ4v) is 1.58. The Kier molecular flexibility index (Phi) is 7.67. The average Bonchev–Trinajstić information content (AvgIpc) is 2.38. The summed E-state index contributed by atoms with van der Waals surface area (Å²) in [4.78, 5) is 0. The molecule has 0 bridgehead atoms. The first kappa shape index (κ1) is 17.9. The van der Waals surface area contributed by atoms with Crippen LogP contribution in [0, 0.1) is 6.07 Å². The summed E-state index contributed by atoms with van der Waals surface area (Å²) in [5, 5.41) is 0. The number of rotatable bonds is 10. The van der Waals surface area contributed by atoms with Crippen molar-refractivity contribution >= 4 is 0 Å². The molecule has 5 heteroatoms. The molecule has 1 aromatic rings. The molecule has 5 nitrogen and oxygen atoms in total. The van der Waals surface area contributed by atoms with E-state index in [-0.39, 0.29) is 18.8 Å². The minimum absolute atomic E-state index is 0.137. The van der Waals surface area contributed by atoms with E-state index in [1.54, 1.807) is 31.4 Å². The first-order valence-corrected chi connectivity index (χ1v) is 7.11. The molecule has 1 aromatic carbocycles. The van der Waals surface area contributed by atoms with Gasteiger partial charge in [-0.2, -0.15) is 0 Å². The lowest BCUT2D eigenvalue weighted by Crippen LogP contribution is -2.49. The topological polar surface area (TPSA) is 46.2 Å². The van der Waals surface area contributed by atoms with Gasteiger partial charge in [0, 0.05) is 7.11 Å². The summed E-state index contributed by atoms with van der Waals surface area (Å²) in [7, 11) is 1.60. The van der Waals surface area contributed by atoms with Crippen LogP contribution in [0.2, 0.25) is 0 Å². The van der Waals surface area contributed by atoms with Crippen molar-refractivity contribution in [3.05, 3.63) is 30.3 Å². The Bertz CT molecular complexity index is 368. The van der Waals surface area contributed by atoms with E-state index in [9.17, 15) is 0 Å². The molecule has 0 amide bonds. The van der Waals surface area contributed by atoms with Crippen LogP contribution < -0.4 is 4.74 Å². The van der Waals surface area contributed by atoms with Crippen LogP contribution in [0.25, 0.3) is 0 Å². The van der Waals surface area contributed by atoms with Crippen LogP contribution >= 0.6 is 0 Å². The largest absolute Gasteiger partial charge is 0.461 e. The minimum Gasteiger partial charge on any atom is -0.416 e. The fourth-order valence-electron chi connectivity index (χ4n) is 1.58. The molecule has 21 heavy (non-hydrogen) atoms. The summed E-state index contributed by atoms with van der Waals surface area (Å²) in [6, 6.07) is 9.96. The highest BCUT2D eigenvalue weighted by molar-refractivity contribution is 5.20. The van der Waals surface area contributed by atoms with Crippen LogP contribution in [-0.2, 0) is 18.9 Å². The van der Waals surface area contributed by atoms with Crippen molar-refractivity contribution in [3.8, 4) is 5.75 Å². The SMILES string of the molecule is COCCOC(Oc1cc[c]cc1)(OC(C)C)OC(C)C. The first-order valence-electron chi connectivity index (χ1n) is 7.11. The number of hydrogen-bond acceptors (Lipinski definition) is 5. The van der Waals surface area contributed by atoms with Crippen LogP contribution in [0.3, 0.4) is 0 Å². The lowest BCUT2D eigenvalue weighted by Gasteiger charge is -2.35. The molecule has 0 saturated heterocycles. The van der Waals surface area contributed by atoms with E-state index in [1.165, 1.54) is 0 Å². The summed E-state index contributed by atoms with van der Waals surface area (Å²) in [6.45, 7) is 8.26. The van der Waals surface area contributed by atoms with Crippen LogP contribution in [0.4, 0.5) is 0 Å². The second-order valence-electron chi connectivity index (χ2n) is 5.01. The molecule has 1 radical (unpaired) electrons. The molecule has 119 valence electrons. The maximum absolute atomic E-state index is 5.83.